The minimum Gasteiger partial charge on any atom is -0.332 e. The van der Waals surface area contributed by atoms with E-state index in [1.165, 1.54) is 50.5 Å². The van der Waals surface area contributed by atoms with Crippen molar-refractivity contribution >= 4 is 27.7 Å². The van der Waals surface area contributed by atoms with Crippen LogP contribution in [-0.2, 0) is 0 Å². The first-order valence-corrected chi connectivity index (χ1v) is 12.4. The molecule has 0 saturated carbocycles. The minimum absolute atomic E-state index is 1.02. The van der Waals surface area contributed by atoms with Crippen molar-refractivity contribution in [3.05, 3.63) is 60.7 Å². The Morgan fingerprint density at radius 2 is 1.29 bits per heavy atom. The Kier molecular flexibility index (Phi) is 9.18. The highest BCUT2D eigenvalue weighted by Crippen LogP contribution is 2.32. The molecule has 0 amide bonds. The van der Waals surface area contributed by atoms with Crippen LogP contribution in [0.1, 0.15) is 44.9 Å². The Labute approximate surface area is 181 Å². The second-order valence-corrected chi connectivity index (χ2v) is 8.89. The van der Waals surface area contributed by atoms with E-state index in [4.69, 9.17) is 4.98 Å². The summed E-state index contributed by atoms with van der Waals surface area (Å²) in [6, 6.07) is 21.0. The maximum atomic E-state index is 4.93. The molecule has 0 aliphatic carbocycles. The quantitative estimate of drug-likeness (QED) is 0.170. The van der Waals surface area contributed by atoms with Crippen molar-refractivity contribution in [3.8, 4) is 22.5 Å². The lowest BCUT2D eigenvalue weighted by atomic mass is 10.1. The summed E-state index contributed by atoms with van der Waals surface area (Å²) in [6.45, 7) is 0. The first-order valence-electron chi connectivity index (χ1n) is 10.3. The van der Waals surface area contributed by atoms with Crippen molar-refractivity contribution < 1.29 is 0 Å². The van der Waals surface area contributed by atoms with Gasteiger partial charge in [0.1, 0.15) is 0 Å². The van der Waals surface area contributed by atoms with Crippen LogP contribution in [0.5, 0.6) is 0 Å². The largest absolute Gasteiger partial charge is 0.332 e. The van der Waals surface area contributed by atoms with Crippen molar-refractivity contribution in [1.82, 2.24) is 9.97 Å². The van der Waals surface area contributed by atoms with E-state index >= 15 is 0 Å². The van der Waals surface area contributed by atoms with E-state index in [2.05, 4.69) is 75.5 Å². The van der Waals surface area contributed by atoms with Gasteiger partial charge in [-0.15, -0.1) is 0 Å². The molecule has 2 nitrogen and oxygen atoms in total. The molecule has 2 aromatic carbocycles. The van der Waals surface area contributed by atoms with Crippen LogP contribution in [0, 0.1) is 0 Å². The topological polar surface area (TPSA) is 28.7 Å². The highest BCUT2D eigenvalue weighted by molar-refractivity contribution is 9.09. The number of H-pyrrole nitrogens is 1. The van der Waals surface area contributed by atoms with Gasteiger partial charge in [0.05, 0.1) is 11.4 Å². The summed E-state index contributed by atoms with van der Waals surface area (Å²) in [5.74, 6) is 1.12. The second-order valence-electron chi connectivity index (χ2n) is 7.01. The fourth-order valence-corrected chi connectivity index (χ4v) is 4.56. The van der Waals surface area contributed by atoms with Crippen molar-refractivity contribution in [2.24, 2.45) is 0 Å². The number of nitrogens with one attached hydrogen (secondary N) is 1. The van der Waals surface area contributed by atoms with Crippen LogP contribution < -0.4 is 0 Å². The van der Waals surface area contributed by atoms with Gasteiger partial charge in [-0.25, -0.2) is 4.98 Å². The summed E-state index contributed by atoms with van der Waals surface area (Å²) in [5.41, 5.74) is 4.50. The normalized spacial score (nSPS) is 11.0. The van der Waals surface area contributed by atoms with E-state index in [-0.39, 0.29) is 0 Å². The zero-order valence-electron chi connectivity index (χ0n) is 16.4. The predicted octanol–water partition coefficient (Wildman–Crippen LogP) is 7.96. The summed E-state index contributed by atoms with van der Waals surface area (Å²) in [6.07, 6.45) is 9.33. The molecule has 0 aliphatic rings. The Balaban J connectivity index is 1.56. The highest BCUT2D eigenvalue weighted by atomic mass is 79.9. The molecule has 1 aromatic heterocycles. The van der Waals surface area contributed by atoms with Crippen molar-refractivity contribution in [2.45, 2.75) is 50.1 Å². The van der Waals surface area contributed by atoms with E-state index in [1.54, 1.807) is 0 Å². The van der Waals surface area contributed by atoms with Crippen LogP contribution in [0.25, 0.3) is 22.5 Å². The van der Waals surface area contributed by atoms with Gasteiger partial charge in [0.25, 0.3) is 0 Å². The monoisotopic (exact) mass is 456 g/mol. The fraction of sp³-hybridized carbons (Fsp3) is 0.375. The predicted molar refractivity (Wildman–Crippen MR) is 126 cm³/mol. The van der Waals surface area contributed by atoms with Gasteiger partial charge in [0, 0.05) is 22.2 Å². The molecule has 0 radical (unpaired) electrons. The first kappa shape index (κ1) is 21.2. The summed E-state index contributed by atoms with van der Waals surface area (Å²) in [7, 11) is 0. The molecule has 28 heavy (non-hydrogen) atoms. The number of rotatable bonds is 12. The van der Waals surface area contributed by atoms with Gasteiger partial charge >= 0.3 is 0 Å². The highest BCUT2D eigenvalue weighted by Gasteiger charge is 2.14. The maximum Gasteiger partial charge on any atom is 0.166 e. The molecule has 0 spiro atoms. The van der Waals surface area contributed by atoms with E-state index in [1.807, 2.05) is 17.8 Å². The molecular weight excluding hydrogens is 428 g/mol. The van der Waals surface area contributed by atoms with Crippen LogP contribution in [0.3, 0.4) is 0 Å². The second kappa shape index (κ2) is 12.1. The van der Waals surface area contributed by atoms with E-state index in [9.17, 15) is 0 Å². The van der Waals surface area contributed by atoms with Crippen LogP contribution in [0.4, 0.5) is 0 Å². The Morgan fingerprint density at radius 1 is 0.714 bits per heavy atom. The van der Waals surface area contributed by atoms with Crippen LogP contribution in [-0.4, -0.2) is 21.1 Å². The summed E-state index contributed by atoms with van der Waals surface area (Å²) in [4.78, 5) is 8.50. The number of halogens is 1. The molecule has 0 atom stereocenters. The molecule has 0 fully saturated rings. The van der Waals surface area contributed by atoms with E-state index in [0.717, 1.165) is 33.2 Å². The average molecular weight is 457 g/mol. The summed E-state index contributed by atoms with van der Waals surface area (Å²) in [5, 5.41) is 2.16. The summed E-state index contributed by atoms with van der Waals surface area (Å²) >= 11 is 5.34. The Hall–Kier alpha value is -1.52. The molecule has 0 aliphatic heterocycles. The maximum absolute atomic E-state index is 4.93. The number of unbranched alkanes of at least 4 members (excludes halogenated alkanes) is 6. The number of thioether (sulfide) groups is 1. The molecule has 3 aromatic rings. The zero-order valence-corrected chi connectivity index (χ0v) is 18.8. The lowest BCUT2D eigenvalue weighted by Crippen LogP contribution is -1.85. The standard InChI is InChI=1S/C24H29BrN2S/c25-18-12-4-2-1-3-5-13-19-28-24-26-22(20-14-8-6-9-15-20)23(27-24)21-16-10-7-11-17-21/h6-11,14-17H,1-5,12-13,18-19H2,(H,26,27). The molecule has 1 N–H and O–H groups in total. The number of hydrogen-bond acceptors (Lipinski definition) is 2. The number of hydrogen-bond donors (Lipinski definition) is 1. The van der Waals surface area contributed by atoms with Crippen molar-refractivity contribution in [3.63, 3.8) is 0 Å². The molecule has 1 heterocycles. The number of nitrogens with zero attached hydrogens (tertiary/aromatic N) is 1. The van der Waals surface area contributed by atoms with Gasteiger partial charge < -0.3 is 4.98 Å². The van der Waals surface area contributed by atoms with Gasteiger partial charge in [0.2, 0.25) is 0 Å². The lowest BCUT2D eigenvalue weighted by molar-refractivity contribution is 0.606. The zero-order chi connectivity index (χ0) is 19.4. The molecule has 0 bridgehead atoms. The van der Waals surface area contributed by atoms with Crippen LogP contribution in [0.15, 0.2) is 65.8 Å². The van der Waals surface area contributed by atoms with E-state index in [0.29, 0.717) is 0 Å². The van der Waals surface area contributed by atoms with Crippen LogP contribution >= 0.6 is 27.7 Å². The number of alkyl halides is 1. The van der Waals surface area contributed by atoms with Crippen molar-refractivity contribution in [2.75, 3.05) is 11.1 Å². The molecule has 3 rings (SSSR count). The smallest absolute Gasteiger partial charge is 0.166 e. The van der Waals surface area contributed by atoms with Gasteiger partial charge in [-0.3, -0.25) is 0 Å². The number of aromatic nitrogens is 2. The third-order valence-corrected chi connectivity index (χ3v) is 6.33. The molecule has 0 saturated heterocycles. The van der Waals surface area contributed by atoms with Gasteiger partial charge in [-0.2, -0.15) is 0 Å². The van der Waals surface area contributed by atoms with Gasteiger partial charge in [-0.05, 0) is 12.8 Å². The molecular formula is C24H29BrN2S. The SMILES string of the molecule is BrCCCCCCCCCSc1nc(-c2ccccc2)c(-c2ccccc2)[nH]1. The van der Waals surface area contributed by atoms with Gasteiger partial charge in [0.15, 0.2) is 5.16 Å². The third-order valence-electron chi connectivity index (χ3n) is 4.81. The molecule has 0 unspecified atom stereocenters. The van der Waals surface area contributed by atoms with E-state index < -0.39 is 0 Å². The average Bonchev–Trinajstić information content (AvgIpc) is 3.18. The Morgan fingerprint density at radius 3 is 1.93 bits per heavy atom. The first-order chi connectivity index (χ1) is 13.9. The fourth-order valence-electron chi connectivity index (χ4n) is 3.29. The third kappa shape index (κ3) is 6.52. The molecule has 4 heteroatoms. The number of benzene rings is 2. The van der Waals surface area contributed by atoms with Crippen LogP contribution in [0.2, 0.25) is 0 Å². The summed E-state index contributed by atoms with van der Waals surface area (Å²) < 4.78 is 0. The molecule has 148 valence electrons. The number of imidazole rings is 1. The Bertz CT molecular complexity index is 745. The number of aromatic amines is 1. The van der Waals surface area contributed by atoms with Crippen molar-refractivity contribution in [1.29, 1.82) is 0 Å². The van der Waals surface area contributed by atoms with Gasteiger partial charge in [-0.1, -0.05) is 120 Å². The lowest BCUT2D eigenvalue weighted by Gasteiger charge is -2.02. The minimum atomic E-state index is 1.02.